The SMILES string of the molecule is O=S(=O)(c1cnc[nH]1)N(CCO)C1CCc2ccccc21. The number of fused-ring (bicyclic) bond motifs is 1. The molecule has 3 rings (SSSR count). The summed E-state index contributed by atoms with van der Waals surface area (Å²) in [6, 6.07) is 7.62. The van der Waals surface area contributed by atoms with Crippen molar-refractivity contribution in [3.8, 4) is 0 Å². The summed E-state index contributed by atoms with van der Waals surface area (Å²) in [6.07, 6.45) is 4.21. The first-order valence-electron chi connectivity index (χ1n) is 6.83. The van der Waals surface area contributed by atoms with Crippen LogP contribution in [0.1, 0.15) is 23.6 Å². The Balaban J connectivity index is 2.01. The van der Waals surface area contributed by atoms with Gasteiger partial charge in [0.05, 0.1) is 25.2 Å². The number of benzene rings is 1. The van der Waals surface area contributed by atoms with Crippen LogP contribution >= 0.6 is 0 Å². The van der Waals surface area contributed by atoms with Gasteiger partial charge in [0.15, 0.2) is 5.03 Å². The van der Waals surface area contributed by atoms with Gasteiger partial charge in [-0.15, -0.1) is 0 Å². The number of sulfonamides is 1. The molecule has 1 atom stereocenters. The van der Waals surface area contributed by atoms with Gasteiger partial charge in [-0.2, -0.15) is 4.31 Å². The Bertz CT molecular complexity index is 713. The number of aromatic nitrogens is 2. The lowest BCUT2D eigenvalue weighted by Crippen LogP contribution is -2.36. The first-order valence-corrected chi connectivity index (χ1v) is 8.27. The molecule has 2 aromatic rings. The van der Waals surface area contributed by atoms with E-state index in [0.717, 1.165) is 18.4 Å². The number of aliphatic hydroxyl groups excluding tert-OH is 1. The maximum absolute atomic E-state index is 12.7. The standard InChI is InChI=1S/C14H17N3O3S/c18-8-7-17(21(19,20)14-9-15-10-16-14)13-6-5-11-3-1-2-4-12(11)13/h1-4,9-10,13,18H,5-8H2,(H,15,16). The molecule has 1 aromatic heterocycles. The number of hydrogen-bond acceptors (Lipinski definition) is 4. The molecule has 21 heavy (non-hydrogen) atoms. The van der Waals surface area contributed by atoms with E-state index in [1.54, 1.807) is 0 Å². The van der Waals surface area contributed by atoms with Gasteiger partial charge in [0.25, 0.3) is 10.0 Å². The maximum Gasteiger partial charge on any atom is 0.260 e. The Labute approximate surface area is 123 Å². The minimum Gasteiger partial charge on any atom is -0.395 e. The van der Waals surface area contributed by atoms with Gasteiger partial charge < -0.3 is 10.1 Å². The smallest absolute Gasteiger partial charge is 0.260 e. The van der Waals surface area contributed by atoms with Crippen molar-refractivity contribution in [2.24, 2.45) is 0 Å². The van der Waals surface area contributed by atoms with Gasteiger partial charge in [0.2, 0.25) is 0 Å². The molecule has 0 fully saturated rings. The van der Waals surface area contributed by atoms with Gasteiger partial charge in [-0.05, 0) is 24.0 Å². The molecule has 0 saturated heterocycles. The molecule has 0 saturated carbocycles. The summed E-state index contributed by atoms with van der Waals surface area (Å²) in [5, 5.41) is 9.33. The lowest BCUT2D eigenvalue weighted by Gasteiger charge is -2.27. The van der Waals surface area contributed by atoms with Crippen LogP contribution in [0.4, 0.5) is 0 Å². The number of hydrogen-bond donors (Lipinski definition) is 2. The molecule has 1 aliphatic rings. The lowest BCUT2D eigenvalue weighted by atomic mass is 10.1. The quantitative estimate of drug-likeness (QED) is 0.865. The lowest BCUT2D eigenvalue weighted by molar-refractivity contribution is 0.225. The Hall–Kier alpha value is -1.70. The second-order valence-electron chi connectivity index (χ2n) is 5.01. The molecule has 1 aliphatic carbocycles. The fourth-order valence-electron chi connectivity index (χ4n) is 2.89. The molecule has 1 aromatic carbocycles. The van der Waals surface area contributed by atoms with Crippen molar-refractivity contribution in [3.05, 3.63) is 47.9 Å². The number of rotatable bonds is 5. The average Bonchev–Trinajstić information content (AvgIpc) is 3.14. The van der Waals surface area contributed by atoms with E-state index in [9.17, 15) is 13.5 Å². The van der Waals surface area contributed by atoms with E-state index in [0.29, 0.717) is 0 Å². The van der Waals surface area contributed by atoms with E-state index in [-0.39, 0.29) is 24.2 Å². The highest BCUT2D eigenvalue weighted by Gasteiger charge is 2.36. The van der Waals surface area contributed by atoms with Crippen LogP contribution in [0.5, 0.6) is 0 Å². The summed E-state index contributed by atoms with van der Waals surface area (Å²) in [5.41, 5.74) is 2.19. The summed E-state index contributed by atoms with van der Waals surface area (Å²) in [4.78, 5) is 6.42. The van der Waals surface area contributed by atoms with Crippen molar-refractivity contribution >= 4 is 10.0 Å². The van der Waals surface area contributed by atoms with Gasteiger partial charge in [0.1, 0.15) is 0 Å². The molecule has 112 valence electrons. The van der Waals surface area contributed by atoms with E-state index in [1.165, 1.54) is 22.4 Å². The number of nitrogens with one attached hydrogen (secondary N) is 1. The summed E-state index contributed by atoms with van der Waals surface area (Å²) >= 11 is 0. The zero-order chi connectivity index (χ0) is 14.9. The third-order valence-electron chi connectivity index (χ3n) is 3.83. The second-order valence-corrected chi connectivity index (χ2v) is 6.87. The topological polar surface area (TPSA) is 86.3 Å². The Morgan fingerprint density at radius 2 is 2.19 bits per heavy atom. The summed E-state index contributed by atoms with van der Waals surface area (Å²) in [5.74, 6) is 0. The Kier molecular flexibility index (Phi) is 3.79. The number of nitrogens with zero attached hydrogens (tertiary/aromatic N) is 2. The molecule has 6 nitrogen and oxygen atoms in total. The highest BCUT2D eigenvalue weighted by atomic mass is 32.2. The van der Waals surface area contributed by atoms with Crippen LogP contribution < -0.4 is 0 Å². The average molecular weight is 307 g/mol. The second kappa shape index (κ2) is 5.59. The zero-order valence-corrected chi connectivity index (χ0v) is 12.3. The van der Waals surface area contributed by atoms with Gasteiger partial charge >= 0.3 is 0 Å². The molecule has 0 amide bonds. The highest BCUT2D eigenvalue weighted by Crippen LogP contribution is 2.37. The van der Waals surface area contributed by atoms with Gasteiger partial charge in [-0.25, -0.2) is 13.4 Å². The molecular formula is C14H17N3O3S. The number of H-pyrrole nitrogens is 1. The van der Waals surface area contributed by atoms with E-state index >= 15 is 0 Å². The first-order chi connectivity index (χ1) is 10.1. The van der Waals surface area contributed by atoms with Crippen molar-refractivity contribution in [1.29, 1.82) is 0 Å². The molecule has 1 unspecified atom stereocenters. The molecular weight excluding hydrogens is 290 g/mol. The summed E-state index contributed by atoms with van der Waals surface area (Å²) in [6.45, 7) is -0.146. The van der Waals surface area contributed by atoms with Crippen molar-refractivity contribution in [3.63, 3.8) is 0 Å². The first kappa shape index (κ1) is 14.2. The highest BCUT2D eigenvalue weighted by molar-refractivity contribution is 7.89. The predicted molar refractivity (Wildman–Crippen MR) is 77.1 cm³/mol. The van der Waals surface area contributed by atoms with Crippen LogP contribution in [0.15, 0.2) is 41.8 Å². The normalized spacial score (nSPS) is 18.1. The number of aryl methyl sites for hydroxylation is 1. The van der Waals surface area contributed by atoms with Crippen molar-refractivity contribution in [2.45, 2.75) is 23.9 Å². The number of imidazole rings is 1. The van der Waals surface area contributed by atoms with Crippen LogP contribution in [0.2, 0.25) is 0 Å². The van der Waals surface area contributed by atoms with Crippen LogP contribution in [0, 0.1) is 0 Å². The van der Waals surface area contributed by atoms with Crippen LogP contribution in [-0.2, 0) is 16.4 Å². The molecule has 7 heteroatoms. The van der Waals surface area contributed by atoms with Crippen molar-refractivity contribution < 1.29 is 13.5 Å². The Morgan fingerprint density at radius 1 is 1.38 bits per heavy atom. The van der Waals surface area contributed by atoms with Crippen molar-refractivity contribution in [1.82, 2.24) is 14.3 Å². The number of aliphatic hydroxyl groups is 1. The maximum atomic E-state index is 12.7. The minimum absolute atomic E-state index is 0.0559. The molecule has 1 heterocycles. The molecule has 0 spiro atoms. The van der Waals surface area contributed by atoms with E-state index < -0.39 is 10.0 Å². The molecule has 0 aliphatic heterocycles. The number of aromatic amines is 1. The monoisotopic (exact) mass is 307 g/mol. The van der Waals surface area contributed by atoms with E-state index in [1.807, 2.05) is 24.3 Å². The van der Waals surface area contributed by atoms with Gasteiger partial charge in [-0.3, -0.25) is 0 Å². The molecule has 0 bridgehead atoms. The largest absolute Gasteiger partial charge is 0.395 e. The van der Waals surface area contributed by atoms with Crippen LogP contribution in [0.3, 0.4) is 0 Å². The minimum atomic E-state index is -3.69. The predicted octanol–water partition coefficient (Wildman–Crippen LogP) is 1.08. The molecule has 0 radical (unpaired) electrons. The zero-order valence-electron chi connectivity index (χ0n) is 11.4. The Morgan fingerprint density at radius 3 is 2.90 bits per heavy atom. The van der Waals surface area contributed by atoms with E-state index in [2.05, 4.69) is 9.97 Å². The fraction of sp³-hybridized carbons (Fsp3) is 0.357. The van der Waals surface area contributed by atoms with Gasteiger partial charge in [0, 0.05) is 6.54 Å². The summed E-state index contributed by atoms with van der Waals surface area (Å²) in [7, 11) is -3.69. The fourth-order valence-corrected chi connectivity index (χ4v) is 4.41. The molecule has 2 N–H and O–H groups in total. The van der Waals surface area contributed by atoms with E-state index in [4.69, 9.17) is 0 Å². The summed E-state index contributed by atoms with van der Waals surface area (Å²) < 4.78 is 26.8. The third-order valence-corrected chi connectivity index (χ3v) is 5.66. The van der Waals surface area contributed by atoms with Crippen molar-refractivity contribution in [2.75, 3.05) is 13.2 Å². The third kappa shape index (κ3) is 2.48. The van der Waals surface area contributed by atoms with Crippen LogP contribution in [0.25, 0.3) is 0 Å². The van der Waals surface area contributed by atoms with Crippen LogP contribution in [-0.4, -0.2) is 40.9 Å². The van der Waals surface area contributed by atoms with Gasteiger partial charge in [-0.1, -0.05) is 24.3 Å².